The molecule has 0 atom stereocenters. The molecule has 0 spiro atoms. The Kier molecular flexibility index (Phi) is 6.52. The number of halogens is 1. The van der Waals surface area contributed by atoms with Crippen LogP contribution in [0.3, 0.4) is 0 Å². The first-order chi connectivity index (χ1) is 17.5. The molecule has 0 aliphatic heterocycles. The lowest BCUT2D eigenvalue weighted by molar-refractivity contribution is 0.0602. The third-order valence-electron chi connectivity index (χ3n) is 8.17. The molecule has 0 bridgehead atoms. The summed E-state index contributed by atoms with van der Waals surface area (Å²) in [5.41, 5.74) is 4.27. The lowest BCUT2D eigenvalue weighted by atomic mass is 9.71. The van der Waals surface area contributed by atoms with Gasteiger partial charge in [0.15, 0.2) is 0 Å². The van der Waals surface area contributed by atoms with Crippen LogP contribution < -0.4 is 10.1 Å². The standard InChI is InChI=1S/C32H36ClNO3/c1-30(2)17-22-18-31(3,4)20-32(22,19-30)21-10-15-28(26(33)16-21)37-24-13-11-23(12-14-24)34-27-9-7-6-8-25(27)29(35)36-5/h6-16,22,34H,17-20H2,1-5H3. The summed E-state index contributed by atoms with van der Waals surface area (Å²) >= 11 is 6.81. The van der Waals surface area contributed by atoms with Crippen LogP contribution in [0.4, 0.5) is 11.4 Å². The summed E-state index contributed by atoms with van der Waals surface area (Å²) in [4.78, 5) is 12.1. The minimum atomic E-state index is -0.380. The van der Waals surface area contributed by atoms with Gasteiger partial charge >= 0.3 is 5.97 Å². The van der Waals surface area contributed by atoms with E-state index in [-0.39, 0.29) is 11.4 Å². The Bertz CT molecular complexity index is 1290. The Morgan fingerprint density at radius 1 is 0.919 bits per heavy atom. The van der Waals surface area contributed by atoms with Crippen molar-refractivity contribution in [1.29, 1.82) is 0 Å². The normalized spacial score (nSPS) is 23.4. The quantitative estimate of drug-likeness (QED) is 0.331. The zero-order valence-electron chi connectivity index (χ0n) is 22.4. The first-order valence-corrected chi connectivity index (χ1v) is 13.4. The second-order valence-electron chi connectivity index (χ2n) is 12.4. The molecular weight excluding hydrogens is 482 g/mol. The number of ether oxygens (including phenoxy) is 2. The van der Waals surface area contributed by atoms with Crippen LogP contribution >= 0.6 is 11.6 Å². The summed E-state index contributed by atoms with van der Waals surface area (Å²) in [5.74, 6) is 1.67. The molecule has 2 saturated carbocycles. The predicted molar refractivity (Wildman–Crippen MR) is 150 cm³/mol. The molecule has 0 amide bonds. The van der Waals surface area contributed by atoms with Crippen molar-refractivity contribution in [1.82, 2.24) is 0 Å². The van der Waals surface area contributed by atoms with Gasteiger partial charge in [-0.25, -0.2) is 4.79 Å². The van der Waals surface area contributed by atoms with Gasteiger partial charge in [-0.3, -0.25) is 0 Å². The lowest BCUT2D eigenvalue weighted by Crippen LogP contribution is -2.27. The van der Waals surface area contributed by atoms with Crippen molar-refractivity contribution in [2.75, 3.05) is 12.4 Å². The van der Waals surface area contributed by atoms with Crippen LogP contribution in [0, 0.1) is 16.7 Å². The lowest BCUT2D eigenvalue weighted by Gasteiger charge is -2.33. The van der Waals surface area contributed by atoms with Crippen molar-refractivity contribution in [2.24, 2.45) is 16.7 Å². The van der Waals surface area contributed by atoms with Gasteiger partial charge in [-0.05, 0) is 102 Å². The minimum Gasteiger partial charge on any atom is -0.465 e. The van der Waals surface area contributed by atoms with Crippen LogP contribution in [-0.4, -0.2) is 13.1 Å². The van der Waals surface area contributed by atoms with E-state index < -0.39 is 0 Å². The molecule has 0 aromatic heterocycles. The van der Waals surface area contributed by atoms with Crippen molar-refractivity contribution in [3.8, 4) is 11.5 Å². The van der Waals surface area contributed by atoms with Gasteiger partial charge in [0, 0.05) is 5.69 Å². The SMILES string of the molecule is COC(=O)c1ccccc1Nc1ccc(Oc2ccc(C34CC(C)(C)CC3CC(C)(C)C4)cc2Cl)cc1. The number of benzene rings is 3. The second-order valence-corrected chi connectivity index (χ2v) is 12.8. The van der Waals surface area contributed by atoms with Crippen molar-refractivity contribution < 1.29 is 14.3 Å². The van der Waals surface area contributed by atoms with E-state index in [2.05, 4.69) is 45.1 Å². The Hall–Kier alpha value is -2.98. The first kappa shape index (κ1) is 25.7. The van der Waals surface area contributed by atoms with Gasteiger partial charge in [-0.2, -0.15) is 0 Å². The third kappa shape index (κ3) is 5.09. The van der Waals surface area contributed by atoms with E-state index in [9.17, 15) is 4.79 Å². The predicted octanol–water partition coefficient (Wildman–Crippen LogP) is 9.16. The molecule has 3 aromatic carbocycles. The molecule has 0 saturated heterocycles. The van der Waals surface area contributed by atoms with E-state index in [1.165, 1.54) is 38.4 Å². The van der Waals surface area contributed by atoms with Crippen molar-refractivity contribution >= 4 is 28.9 Å². The van der Waals surface area contributed by atoms with E-state index in [1.807, 2.05) is 48.5 Å². The van der Waals surface area contributed by atoms with Crippen molar-refractivity contribution in [2.45, 2.75) is 58.8 Å². The van der Waals surface area contributed by atoms with Crippen LogP contribution in [0.5, 0.6) is 11.5 Å². The largest absolute Gasteiger partial charge is 0.465 e. The number of nitrogens with one attached hydrogen (secondary N) is 1. The Morgan fingerprint density at radius 3 is 2.19 bits per heavy atom. The van der Waals surface area contributed by atoms with Gasteiger partial charge in [-0.15, -0.1) is 0 Å². The van der Waals surface area contributed by atoms with Crippen LogP contribution in [0.15, 0.2) is 66.7 Å². The summed E-state index contributed by atoms with van der Waals surface area (Å²) < 4.78 is 11.1. The zero-order valence-corrected chi connectivity index (χ0v) is 23.1. The van der Waals surface area contributed by atoms with Crippen molar-refractivity contribution in [3.63, 3.8) is 0 Å². The molecule has 2 aliphatic rings. The summed E-state index contributed by atoms with van der Waals surface area (Å²) in [6.45, 7) is 9.63. The number of rotatable bonds is 6. The van der Waals surface area contributed by atoms with Crippen LogP contribution in [-0.2, 0) is 10.2 Å². The number of hydrogen-bond donors (Lipinski definition) is 1. The highest BCUT2D eigenvalue weighted by Gasteiger charge is 2.58. The summed E-state index contributed by atoms with van der Waals surface area (Å²) in [5, 5.41) is 3.93. The average Bonchev–Trinajstić information content (AvgIpc) is 3.24. The van der Waals surface area contributed by atoms with E-state index in [0.29, 0.717) is 44.5 Å². The van der Waals surface area contributed by atoms with Gasteiger partial charge in [-0.1, -0.05) is 57.5 Å². The van der Waals surface area contributed by atoms with E-state index in [0.717, 1.165) is 5.69 Å². The fourth-order valence-corrected chi connectivity index (χ4v) is 7.32. The molecule has 194 valence electrons. The Morgan fingerprint density at radius 2 is 1.57 bits per heavy atom. The molecule has 1 N–H and O–H groups in total. The second kappa shape index (κ2) is 9.40. The van der Waals surface area contributed by atoms with E-state index >= 15 is 0 Å². The fourth-order valence-electron chi connectivity index (χ4n) is 7.10. The molecule has 0 unspecified atom stereocenters. The van der Waals surface area contributed by atoms with E-state index in [4.69, 9.17) is 21.1 Å². The Balaban J connectivity index is 1.33. The number of para-hydroxylation sites is 1. The van der Waals surface area contributed by atoms with Crippen molar-refractivity contribution in [3.05, 3.63) is 82.9 Å². The molecule has 0 radical (unpaired) electrons. The van der Waals surface area contributed by atoms with Crippen LogP contribution in [0.2, 0.25) is 5.02 Å². The highest BCUT2D eigenvalue weighted by molar-refractivity contribution is 6.32. The summed E-state index contributed by atoms with van der Waals surface area (Å²) in [6, 6.07) is 21.3. The van der Waals surface area contributed by atoms with Crippen LogP contribution in [0.1, 0.15) is 69.3 Å². The van der Waals surface area contributed by atoms with E-state index in [1.54, 1.807) is 6.07 Å². The molecular formula is C32H36ClNO3. The average molecular weight is 518 g/mol. The number of hydrogen-bond acceptors (Lipinski definition) is 4. The molecule has 5 rings (SSSR count). The van der Waals surface area contributed by atoms with Gasteiger partial charge in [0.05, 0.1) is 23.4 Å². The van der Waals surface area contributed by atoms with Gasteiger partial charge in [0.25, 0.3) is 0 Å². The van der Waals surface area contributed by atoms with Gasteiger partial charge in [0.1, 0.15) is 11.5 Å². The summed E-state index contributed by atoms with van der Waals surface area (Å²) in [6.07, 6.45) is 4.96. The first-order valence-electron chi connectivity index (χ1n) is 13.0. The van der Waals surface area contributed by atoms with Gasteiger partial charge < -0.3 is 14.8 Å². The molecule has 2 aliphatic carbocycles. The smallest absolute Gasteiger partial charge is 0.339 e. The highest BCUT2D eigenvalue weighted by Crippen LogP contribution is 2.66. The maximum atomic E-state index is 12.1. The number of fused-ring (bicyclic) bond motifs is 1. The topological polar surface area (TPSA) is 47.6 Å². The number of anilines is 2. The maximum Gasteiger partial charge on any atom is 0.339 e. The Labute approximate surface area is 225 Å². The molecule has 37 heavy (non-hydrogen) atoms. The molecule has 0 heterocycles. The maximum absolute atomic E-state index is 12.1. The number of esters is 1. The number of methoxy groups -OCH3 is 1. The zero-order chi connectivity index (χ0) is 26.4. The molecule has 2 fully saturated rings. The summed E-state index contributed by atoms with van der Waals surface area (Å²) in [7, 11) is 1.38. The molecule has 5 heteroatoms. The van der Waals surface area contributed by atoms with Crippen LogP contribution in [0.25, 0.3) is 0 Å². The third-order valence-corrected chi connectivity index (χ3v) is 8.46. The monoisotopic (exact) mass is 517 g/mol. The van der Waals surface area contributed by atoms with Gasteiger partial charge in [0.2, 0.25) is 0 Å². The number of carbonyl (C=O) groups is 1. The fraction of sp³-hybridized carbons (Fsp3) is 0.406. The number of carbonyl (C=O) groups excluding carboxylic acids is 1. The molecule has 3 aromatic rings. The highest BCUT2D eigenvalue weighted by atomic mass is 35.5. The molecule has 4 nitrogen and oxygen atoms in total. The minimum absolute atomic E-state index is 0.197.